The standard InChI is InChI=1S/C15H25FN2O2/c1-5-6-19-7-8-20-14-12(9-13(16)11-17-14)10-18-15(2,3)4/h9,11,18H,5-8,10H2,1-4H3. The van der Waals surface area contributed by atoms with E-state index < -0.39 is 0 Å². The maximum atomic E-state index is 13.3. The summed E-state index contributed by atoms with van der Waals surface area (Å²) in [6.07, 6.45) is 2.15. The molecule has 0 atom stereocenters. The van der Waals surface area contributed by atoms with E-state index in [1.54, 1.807) is 0 Å². The second kappa shape index (κ2) is 8.17. The van der Waals surface area contributed by atoms with E-state index in [0.717, 1.165) is 18.6 Å². The zero-order valence-electron chi connectivity index (χ0n) is 12.8. The maximum absolute atomic E-state index is 13.3. The number of pyridine rings is 1. The second-order valence-electron chi connectivity index (χ2n) is 5.68. The molecule has 0 radical (unpaired) electrons. The first-order valence-electron chi connectivity index (χ1n) is 7.02. The molecule has 0 spiro atoms. The van der Waals surface area contributed by atoms with Gasteiger partial charge in [0.1, 0.15) is 12.4 Å². The van der Waals surface area contributed by atoms with Crippen LogP contribution >= 0.6 is 0 Å². The van der Waals surface area contributed by atoms with Crippen molar-refractivity contribution in [3.63, 3.8) is 0 Å². The Kier molecular flexibility index (Phi) is 6.88. The number of hydrogen-bond donors (Lipinski definition) is 1. The van der Waals surface area contributed by atoms with E-state index in [0.29, 0.717) is 25.6 Å². The number of halogens is 1. The van der Waals surface area contributed by atoms with Gasteiger partial charge in [-0.05, 0) is 33.3 Å². The lowest BCUT2D eigenvalue weighted by Crippen LogP contribution is -2.35. The van der Waals surface area contributed by atoms with Gasteiger partial charge in [0.15, 0.2) is 0 Å². The number of rotatable bonds is 8. The van der Waals surface area contributed by atoms with Gasteiger partial charge in [-0.2, -0.15) is 0 Å². The van der Waals surface area contributed by atoms with Crippen LogP contribution in [-0.2, 0) is 11.3 Å². The Morgan fingerprint density at radius 2 is 2.00 bits per heavy atom. The minimum atomic E-state index is -0.356. The molecule has 0 bridgehead atoms. The van der Waals surface area contributed by atoms with Crippen LogP contribution in [0.3, 0.4) is 0 Å². The fourth-order valence-electron chi connectivity index (χ4n) is 1.53. The fraction of sp³-hybridized carbons (Fsp3) is 0.667. The highest BCUT2D eigenvalue weighted by Crippen LogP contribution is 2.17. The molecule has 4 nitrogen and oxygen atoms in total. The van der Waals surface area contributed by atoms with Crippen LogP contribution in [0.4, 0.5) is 4.39 Å². The third-order valence-corrected chi connectivity index (χ3v) is 2.52. The van der Waals surface area contributed by atoms with E-state index in [9.17, 15) is 4.39 Å². The van der Waals surface area contributed by atoms with Crippen molar-refractivity contribution in [3.05, 3.63) is 23.6 Å². The summed E-state index contributed by atoms with van der Waals surface area (Å²) in [7, 11) is 0. The first-order chi connectivity index (χ1) is 9.42. The summed E-state index contributed by atoms with van der Waals surface area (Å²) >= 11 is 0. The first-order valence-corrected chi connectivity index (χ1v) is 7.02. The van der Waals surface area contributed by atoms with Gasteiger partial charge in [-0.25, -0.2) is 9.37 Å². The third kappa shape index (κ3) is 6.82. The fourth-order valence-corrected chi connectivity index (χ4v) is 1.53. The summed E-state index contributed by atoms with van der Waals surface area (Å²) in [6, 6.07) is 1.45. The highest BCUT2D eigenvalue weighted by Gasteiger charge is 2.12. The topological polar surface area (TPSA) is 43.4 Å². The summed E-state index contributed by atoms with van der Waals surface area (Å²) in [5.41, 5.74) is 0.670. The van der Waals surface area contributed by atoms with Gasteiger partial charge in [0.05, 0.1) is 12.8 Å². The molecule has 0 aliphatic carbocycles. The van der Waals surface area contributed by atoms with E-state index in [1.165, 1.54) is 12.3 Å². The zero-order valence-corrected chi connectivity index (χ0v) is 12.8. The van der Waals surface area contributed by atoms with Gasteiger partial charge in [-0.15, -0.1) is 0 Å². The summed E-state index contributed by atoms with van der Waals surface area (Å²) < 4.78 is 24.2. The number of aromatic nitrogens is 1. The minimum absolute atomic E-state index is 0.0478. The van der Waals surface area contributed by atoms with Crippen molar-refractivity contribution in [2.75, 3.05) is 19.8 Å². The van der Waals surface area contributed by atoms with E-state index >= 15 is 0 Å². The van der Waals surface area contributed by atoms with Gasteiger partial charge in [0, 0.05) is 24.3 Å². The van der Waals surface area contributed by atoms with Gasteiger partial charge < -0.3 is 14.8 Å². The van der Waals surface area contributed by atoms with Gasteiger partial charge >= 0.3 is 0 Å². The third-order valence-electron chi connectivity index (χ3n) is 2.52. The number of nitrogens with zero attached hydrogens (tertiary/aromatic N) is 1. The molecule has 1 aromatic heterocycles. The van der Waals surface area contributed by atoms with Crippen LogP contribution in [0.1, 0.15) is 39.7 Å². The van der Waals surface area contributed by atoms with Crippen LogP contribution in [-0.4, -0.2) is 30.3 Å². The van der Waals surface area contributed by atoms with Crippen molar-refractivity contribution in [2.24, 2.45) is 0 Å². The Labute approximate surface area is 120 Å². The van der Waals surface area contributed by atoms with Crippen molar-refractivity contribution < 1.29 is 13.9 Å². The molecule has 0 aromatic carbocycles. The predicted octanol–water partition coefficient (Wildman–Crippen LogP) is 2.91. The van der Waals surface area contributed by atoms with Gasteiger partial charge in [0.2, 0.25) is 5.88 Å². The van der Waals surface area contributed by atoms with Crippen molar-refractivity contribution >= 4 is 0 Å². The Morgan fingerprint density at radius 1 is 1.25 bits per heavy atom. The Morgan fingerprint density at radius 3 is 2.65 bits per heavy atom. The minimum Gasteiger partial charge on any atom is -0.475 e. The summed E-state index contributed by atoms with van der Waals surface area (Å²) in [5, 5.41) is 3.30. The van der Waals surface area contributed by atoms with Gasteiger partial charge in [0.25, 0.3) is 0 Å². The molecule has 1 heterocycles. The molecule has 0 unspecified atom stereocenters. The molecule has 0 saturated carbocycles. The van der Waals surface area contributed by atoms with Crippen LogP contribution in [0.25, 0.3) is 0 Å². The molecule has 0 saturated heterocycles. The number of hydrogen-bond acceptors (Lipinski definition) is 4. The average Bonchev–Trinajstić information content (AvgIpc) is 2.37. The molecule has 20 heavy (non-hydrogen) atoms. The van der Waals surface area contributed by atoms with E-state index in [1.807, 2.05) is 0 Å². The van der Waals surface area contributed by atoms with Crippen LogP contribution < -0.4 is 10.1 Å². The lowest BCUT2D eigenvalue weighted by Gasteiger charge is -2.21. The zero-order chi connectivity index (χ0) is 15.0. The molecule has 0 aliphatic rings. The highest BCUT2D eigenvalue weighted by molar-refractivity contribution is 5.26. The molecule has 1 N–H and O–H groups in total. The summed E-state index contributed by atoms with van der Waals surface area (Å²) in [5.74, 6) is 0.105. The average molecular weight is 284 g/mol. The SMILES string of the molecule is CCCOCCOc1ncc(F)cc1CNC(C)(C)C. The van der Waals surface area contributed by atoms with E-state index in [4.69, 9.17) is 9.47 Å². The van der Waals surface area contributed by atoms with E-state index in [-0.39, 0.29) is 11.4 Å². The Hall–Kier alpha value is -1.20. The molecule has 0 aliphatic heterocycles. The van der Waals surface area contributed by atoms with Crippen LogP contribution in [0, 0.1) is 5.82 Å². The van der Waals surface area contributed by atoms with Crippen LogP contribution in [0.5, 0.6) is 5.88 Å². The van der Waals surface area contributed by atoms with Crippen molar-refractivity contribution in [2.45, 2.75) is 46.2 Å². The summed E-state index contributed by atoms with van der Waals surface area (Å²) in [6.45, 7) is 10.4. The first kappa shape index (κ1) is 16.9. The summed E-state index contributed by atoms with van der Waals surface area (Å²) in [4.78, 5) is 4.00. The number of ether oxygens (including phenoxy) is 2. The largest absolute Gasteiger partial charge is 0.475 e. The Balaban J connectivity index is 2.56. The molecule has 5 heteroatoms. The van der Waals surface area contributed by atoms with Gasteiger partial charge in [-0.3, -0.25) is 0 Å². The van der Waals surface area contributed by atoms with Crippen LogP contribution in [0.15, 0.2) is 12.3 Å². The maximum Gasteiger partial charge on any atom is 0.218 e. The van der Waals surface area contributed by atoms with Crippen molar-refractivity contribution in [1.82, 2.24) is 10.3 Å². The van der Waals surface area contributed by atoms with Crippen LogP contribution in [0.2, 0.25) is 0 Å². The van der Waals surface area contributed by atoms with E-state index in [2.05, 4.69) is 38.0 Å². The molecule has 0 fully saturated rings. The monoisotopic (exact) mass is 284 g/mol. The Bertz CT molecular complexity index is 405. The van der Waals surface area contributed by atoms with Crippen molar-refractivity contribution in [1.29, 1.82) is 0 Å². The molecule has 0 amide bonds. The molecular formula is C15H25FN2O2. The second-order valence-corrected chi connectivity index (χ2v) is 5.68. The molecule has 114 valence electrons. The van der Waals surface area contributed by atoms with Crippen molar-refractivity contribution in [3.8, 4) is 5.88 Å². The predicted molar refractivity (Wildman–Crippen MR) is 77.4 cm³/mol. The molecular weight excluding hydrogens is 259 g/mol. The lowest BCUT2D eigenvalue weighted by molar-refractivity contribution is 0.0985. The quantitative estimate of drug-likeness (QED) is 0.745. The molecule has 1 aromatic rings. The molecule has 1 rings (SSSR count). The van der Waals surface area contributed by atoms with Gasteiger partial charge in [-0.1, -0.05) is 6.92 Å². The number of nitrogens with one attached hydrogen (secondary N) is 1. The smallest absolute Gasteiger partial charge is 0.218 e. The lowest BCUT2D eigenvalue weighted by atomic mass is 10.1. The normalized spacial score (nSPS) is 11.7. The highest BCUT2D eigenvalue weighted by atomic mass is 19.1.